The van der Waals surface area contributed by atoms with E-state index in [9.17, 15) is 13.5 Å². The van der Waals surface area contributed by atoms with Gasteiger partial charge in [0.15, 0.2) is 0 Å². The first-order valence-corrected chi connectivity index (χ1v) is 9.83. The minimum Gasteiger partial charge on any atom is -0.392 e. The van der Waals surface area contributed by atoms with Crippen molar-refractivity contribution in [2.24, 2.45) is 0 Å². The zero-order chi connectivity index (χ0) is 16.1. The van der Waals surface area contributed by atoms with Crippen molar-refractivity contribution in [1.82, 2.24) is 4.31 Å². The first kappa shape index (κ1) is 18.9. The van der Waals surface area contributed by atoms with E-state index in [4.69, 9.17) is 0 Å². The summed E-state index contributed by atoms with van der Waals surface area (Å²) in [5, 5.41) is 9.87. The molecule has 0 aromatic rings. The van der Waals surface area contributed by atoms with Crippen molar-refractivity contribution in [2.45, 2.75) is 96.0 Å². The van der Waals surface area contributed by atoms with Crippen molar-refractivity contribution in [3.8, 4) is 0 Å². The molecule has 2 atom stereocenters. The zero-order valence-corrected chi connectivity index (χ0v) is 15.0. The lowest BCUT2D eigenvalue weighted by molar-refractivity contribution is 0.188. The fraction of sp³-hybridized carbons (Fsp3) is 1.00. The Bertz CT molecular complexity index is 400. The minimum absolute atomic E-state index is 0.0181. The zero-order valence-electron chi connectivity index (χ0n) is 14.1. The molecule has 0 bridgehead atoms. The summed E-state index contributed by atoms with van der Waals surface area (Å²) in [7, 11) is -3.34. The molecule has 0 spiro atoms. The Hall–Kier alpha value is -0.130. The van der Waals surface area contributed by atoms with Gasteiger partial charge >= 0.3 is 0 Å². The van der Waals surface area contributed by atoms with Gasteiger partial charge in [0.2, 0.25) is 10.0 Å². The molecule has 1 saturated heterocycles. The van der Waals surface area contributed by atoms with E-state index in [2.05, 4.69) is 6.92 Å². The minimum atomic E-state index is -3.34. The van der Waals surface area contributed by atoms with E-state index >= 15 is 0 Å². The summed E-state index contributed by atoms with van der Waals surface area (Å²) in [5.41, 5.74) is 0. The van der Waals surface area contributed by atoms with Gasteiger partial charge in [-0.25, -0.2) is 8.42 Å². The van der Waals surface area contributed by atoms with E-state index in [-0.39, 0.29) is 12.6 Å². The lowest BCUT2D eigenvalue weighted by atomic mass is 10.0. The third-order valence-electron chi connectivity index (χ3n) is 4.32. The van der Waals surface area contributed by atoms with Gasteiger partial charge in [-0.15, -0.1) is 0 Å². The highest BCUT2D eigenvalue weighted by Gasteiger charge is 2.43. The largest absolute Gasteiger partial charge is 0.392 e. The maximum Gasteiger partial charge on any atom is 0.219 e. The molecule has 0 radical (unpaired) electrons. The summed E-state index contributed by atoms with van der Waals surface area (Å²) in [6.45, 7) is 7.66. The van der Waals surface area contributed by atoms with Crippen molar-refractivity contribution in [3.63, 3.8) is 0 Å². The summed E-state index contributed by atoms with van der Waals surface area (Å²) >= 11 is 0. The fourth-order valence-corrected chi connectivity index (χ4v) is 4.59. The van der Waals surface area contributed by atoms with E-state index in [0.29, 0.717) is 6.42 Å². The number of aliphatic hydroxyl groups is 1. The van der Waals surface area contributed by atoms with E-state index in [1.165, 1.54) is 25.7 Å². The summed E-state index contributed by atoms with van der Waals surface area (Å²) < 4.78 is 26.0. The van der Waals surface area contributed by atoms with E-state index in [1.54, 1.807) is 25.1 Å². The van der Waals surface area contributed by atoms with E-state index < -0.39 is 20.9 Å². The third kappa shape index (κ3) is 5.22. The van der Waals surface area contributed by atoms with Crippen molar-refractivity contribution in [2.75, 3.05) is 6.54 Å². The number of hydrogen-bond acceptors (Lipinski definition) is 3. The van der Waals surface area contributed by atoms with Gasteiger partial charge in [-0.3, -0.25) is 0 Å². The molecule has 1 fully saturated rings. The van der Waals surface area contributed by atoms with Crippen LogP contribution in [0.4, 0.5) is 0 Å². The van der Waals surface area contributed by atoms with Crippen LogP contribution in [0, 0.1) is 0 Å². The fourth-order valence-electron chi connectivity index (χ4n) is 2.93. The lowest BCUT2D eigenvalue weighted by Gasteiger charge is -2.31. The van der Waals surface area contributed by atoms with Gasteiger partial charge in [0.25, 0.3) is 0 Å². The molecule has 21 heavy (non-hydrogen) atoms. The van der Waals surface area contributed by atoms with Gasteiger partial charge in [0.05, 0.1) is 10.9 Å². The predicted molar refractivity (Wildman–Crippen MR) is 87.8 cm³/mol. The number of sulfonamides is 1. The SMILES string of the molecule is CCCCCCCC[C@@H]1C[C@H](O)CN1S(=O)(=O)C(C)(C)C. The van der Waals surface area contributed by atoms with Gasteiger partial charge in [-0.1, -0.05) is 45.4 Å². The number of β-amino-alcohol motifs (C(OH)–C–C–N with tert-alkyl or cyclic N) is 1. The number of nitrogens with zero attached hydrogens (tertiary/aromatic N) is 1. The first-order valence-electron chi connectivity index (χ1n) is 8.39. The molecule has 1 N–H and O–H groups in total. The molecule has 1 aliphatic heterocycles. The molecule has 5 heteroatoms. The third-order valence-corrected chi connectivity index (χ3v) is 6.93. The monoisotopic (exact) mass is 319 g/mol. The van der Waals surface area contributed by atoms with Crippen LogP contribution in [0.5, 0.6) is 0 Å². The van der Waals surface area contributed by atoms with Crippen LogP contribution in [0.3, 0.4) is 0 Å². The van der Waals surface area contributed by atoms with Crippen molar-refractivity contribution < 1.29 is 13.5 Å². The molecule has 0 amide bonds. The number of unbranched alkanes of at least 4 members (excludes halogenated alkanes) is 5. The van der Waals surface area contributed by atoms with Gasteiger partial charge in [0, 0.05) is 12.6 Å². The van der Waals surface area contributed by atoms with Crippen LogP contribution in [0.25, 0.3) is 0 Å². The summed E-state index contributed by atoms with van der Waals surface area (Å²) in [6.07, 6.45) is 8.20. The van der Waals surface area contributed by atoms with Crippen LogP contribution in [-0.2, 0) is 10.0 Å². The van der Waals surface area contributed by atoms with Crippen LogP contribution < -0.4 is 0 Å². The Labute approximate surface area is 131 Å². The first-order chi connectivity index (χ1) is 9.70. The molecule has 126 valence electrons. The van der Waals surface area contributed by atoms with Crippen molar-refractivity contribution in [3.05, 3.63) is 0 Å². The molecule has 0 unspecified atom stereocenters. The number of rotatable bonds is 8. The average Bonchev–Trinajstić information content (AvgIpc) is 2.74. The standard InChI is InChI=1S/C16H33NO3S/c1-5-6-7-8-9-10-11-14-12-15(18)13-17(14)21(19,20)16(2,3)4/h14-15,18H,5-13H2,1-4H3/t14-,15+/m1/s1. The molecular formula is C16H33NO3S. The van der Waals surface area contributed by atoms with E-state index in [0.717, 1.165) is 19.3 Å². The molecule has 1 heterocycles. The highest BCUT2D eigenvalue weighted by molar-refractivity contribution is 7.90. The highest BCUT2D eigenvalue weighted by atomic mass is 32.2. The molecule has 0 aromatic carbocycles. The Morgan fingerprint density at radius 2 is 1.67 bits per heavy atom. The normalized spacial score (nSPS) is 24.6. The Morgan fingerprint density at radius 1 is 1.10 bits per heavy atom. The number of aliphatic hydroxyl groups excluding tert-OH is 1. The van der Waals surface area contributed by atoms with Crippen LogP contribution in [0.15, 0.2) is 0 Å². The maximum atomic E-state index is 12.6. The Balaban J connectivity index is 2.52. The van der Waals surface area contributed by atoms with Crippen LogP contribution in [-0.4, -0.2) is 41.3 Å². The predicted octanol–water partition coefficient (Wildman–Crippen LogP) is 3.30. The smallest absolute Gasteiger partial charge is 0.219 e. The molecule has 0 aliphatic carbocycles. The van der Waals surface area contributed by atoms with Crippen LogP contribution in [0.2, 0.25) is 0 Å². The van der Waals surface area contributed by atoms with Crippen molar-refractivity contribution >= 4 is 10.0 Å². The van der Waals surface area contributed by atoms with Gasteiger partial charge in [-0.2, -0.15) is 4.31 Å². The second-order valence-electron chi connectivity index (χ2n) is 7.29. The van der Waals surface area contributed by atoms with Gasteiger partial charge < -0.3 is 5.11 Å². The lowest BCUT2D eigenvalue weighted by Crippen LogP contribution is -2.45. The molecule has 0 aromatic heterocycles. The van der Waals surface area contributed by atoms with Gasteiger partial charge in [0.1, 0.15) is 0 Å². The van der Waals surface area contributed by atoms with E-state index in [1.807, 2.05) is 0 Å². The van der Waals surface area contributed by atoms with Crippen LogP contribution >= 0.6 is 0 Å². The second kappa shape index (κ2) is 7.93. The molecule has 4 nitrogen and oxygen atoms in total. The molecule has 1 aliphatic rings. The maximum absolute atomic E-state index is 12.6. The quantitative estimate of drug-likeness (QED) is 0.698. The van der Waals surface area contributed by atoms with Gasteiger partial charge in [-0.05, 0) is 33.6 Å². The summed E-state index contributed by atoms with van der Waals surface area (Å²) in [5.74, 6) is 0. The molecule has 0 saturated carbocycles. The molecule has 1 rings (SSSR count). The molecular weight excluding hydrogens is 286 g/mol. The van der Waals surface area contributed by atoms with Crippen LogP contribution in [0.1, 0.15) is 79.1 Å². The average molecular weight is 320 g/mol. The summed E-state index contributed by atoms with van der Waals surface area (Å²) in [4.78, 5) is 0. The Morgan fingerprint density at radius 3 is 2.24 bits per heavy atom. The summed E-state index contributed by atoms with van der Waals surface area (Å²) in [6, 6.07) is -0.0181. The number of hydrogen-bond donors (Lipinski definition) is 1. The van der Waals surface area contributed by atoms with Crippen molar-refractivity contribution in [1.29, 1.82) is 0 Å². The second-order valence-corrected chi connectivity index (χ2v) is 9.93. The Kier molecular flexibility index (Phi) is 7.14. The highest BCUT2D eigenvalue weighted by Crippen LogP contribution is 2.31. The topological polar surface area (TPSA) is 57.6 Å².